The first-order chi connectivity index (χ1) is 21.1. The third-order valence-corrected chi connectivity index (χ3v) is 9.05. The van der Waals surface area contributed by atoms with Crippen LogP contribution in [0.1, 0.15) is 31.4 Å². The number of anilines is 1. The monoisotopic (exact) mass is 619 g/mol. The van der Waals surface area contributed by atoms with Crippen LogP contribution in [0.25, 0.3) is 0 Å². The van der Waals surface area contributed by atoms with Gasteiger partial charge in [0.05, 0.1) is 10.6 Å². The molecule has 4 rings (SSSR count). The highest BCUT2D eigenvalue weighted by atomic mass is 32.2. The van der Waals surface area contributed by atoms with E-state index in [0.29, 0.717) is 12.0 Å². The first-order valence-electron chi connectivity index (χ1n) is 14.3. The molecule has 10 heteroatoms. The van der Waals surface area contributed by atoms with Crippen molar-refractivity contribution in [1.29, 1.82) is 0 Å². The minimum absolute atomic E-state index is 0.0578. The summed E-state index contributed by atoms with van der Waals surface area (Å²) < 4.78 is 56.3. The molecule has 2 amide bonds. The maximum Gasteiger partial charge on any atom is 0.264 e. The van der Waals surface area contributed by atoms with Gasteiger partial charge in [0.15, 0.2) is 0 Å². The van der Waals surface area contributed by atoms with Gasteiger partial charge in [-0.1, -0.05) is 67.6 Å². The van der Waals surface area contributed by atoms with Crippen LogP contribution < -0.4 is 9.62 Å². The van der Waals surface area contributed by atoms with Crippen molar-refractivity contribution < 1.29 is 26.8 Å². The first-order valence-corrected chi connectivity index (χ1v) is 15.7. The summed E-state index contributed by atoms with van der Waals surface area (Å²) >= 11 is 0. The van der Waals surface area contributed by atoms with Gasteiger partial charge < -0.3 is 10.2 Å². The van der Waals surface area contributed by atoms with Crippen LogP contribution in [0.15, 0.2) is 114 Å². The van der Waals surface area contributed by atoms with E-state index in [2.05, 4.69) is 5.32 Å². The standard InChI is InChI=1S/C34H35F2N3O4S/c1-3-25(2)37-34(41)32(22-26-10-6-4-7-11-26)38(23-27-14-16-28(35)17-15-27)33(40)24-39(30-20-18-29(36)19-21-30)44(42,43)31-12-8-5-9-13-31/h4-21,25,32H,3,22-24H2,1-2H3,(H,37,41)/t25-,32-/m0/s1. The van der Waals surface area contributed by atoms with Crippen LogP contribution in [0, 0.1) is 11.6 Å². The molecule has 0 spiro atoms. The van der Waals surface area contributed by atoms with E-state index < -0.39 is 46.1 Å². The largest absolute Gasteiger partial charge is 0.352 e. The molecule has 0 aliphatic rings. The number of carbonyl (C=O) groups excluding carboxylic acids is 2. The van der Waals surface area contributed by atoms with Gasteiger partial charge in [-0.05, 0) is 73.0 Å². The van der Waals surface area contributed by atoms with Crippen molar-refractivity contribution in [2.75, 3.05) is 10.8 Å². The smallest absolute Gasteiger partial charge is 0.264 e. The van der Waals surface area contributed by atoms with Crippen LogP contribution in [-0.2, 0) is 32.6 Å². The number of sulfonamides is 1. The van der Waals surface area contributed by atoms with Crippen molar-refractivity contribution in [2.45, 2.75) is 50.2 Å². The summed E-state index contributed by atoms with van der Waals surface area (Å²) in [6.07, 6.45) is 0.807. The lowest BCUT2D eigenvalue weighted by molar-refractivity contribution is -0.140. The zero-order valence-electron chi connectivity index (χ0n) is 24.6. The molecule has 0 aromatic heterocycles. The van der Waals surface area contributed by atoms with Crippen LogP contribution >= 0.6 is 0 Å². The molecule has 0 radical (unpaired) electrons. The van der Waals surface area contributed by atoms with E-state index in [9.17, 15) is 26.8 Å². The molecule has 2 atom stereocenters. The summed E-state index contributed by atoms with van der Waals surface area (Å²) in [6.45, 7) is 3.01. The number of carbonyl (C=O) groups is 2. The first kappa shape index (κ1) is 32.3. The number of hydrogen-bond donors (Lipinski definition) is 1. The molecule has 0 unspecified atom stereocenters. The molecular weight excluding hydrogens is 584 g/mol. The van der Waals surface area contributed by atoms with Crippen molar-refractivity contribution >= 4 is 27.5 Å². The average Bonchev–Trinajstić information content (AvgIpc) is 3.03. The van der Waals surface area contributed by atoms with Gasteiger partial charge >= 0.3 is 0 Å². The third kappa shape index (κ3) is 8.29. The fourth-order valence-corrected chi connectivity index (χ4v) is 6.07. The van der Waals surface area contributed by atoms with E-state index in [1.54, 1.807) is 18.2 Å². The maximum absolute atomic E-state index is 14.3. The lowest BCUT2D eigenvalue weighted by atomic mass is 10.0. The Morgan fingerprint density at radius 2 is 1.32 bits per heavy atom. The number of nitrogens with one attached hydrogen (secondary N) is 1. The Morgan fingerprint density at radius 1 is 0.773 bits per heavy atom. The Kier molecular flexibility index (Phi) is 10.8. The van der Waals surface area contributed by atoms with Gasteiger partial charge in [-0.2, -0.15) is 0 Å². The second kappa shape index (κ2) is 14.7. The lowest BCUT2D eigenvalue weighted by Crippen LogP contribution is -2.54. The molecule has 0 heterocycles. The molecule has 0 bridgehead atoms. The number of hydrogen-bond acceptors (Lipinski definition) is 4. The molecule has 0 aliphatic heterocycles. The maximum atomic E-state index is 14.3. The topological polar surface area (TPSA) is 86.8 Å². The second-order valence-corrected chi connectivity index (χ2v) is 12.3. The van der Waals surface area contributed by atoms with Gasteiger partial charge in [-0.25, -0.2) is 17.2 Å². The van der Waals surface area contributed by atoms with Crippen molar-refractivity contribution in [1.82, 2.24) is 10.2 Å². The predicted octanol–water partition coefficient (Wildman–Crippen LogP) is 5.71. The Labute approximate surface area is 257 Å². The Morgan fingerprint density at radius 3 is 1.89 bits per heavy atom. The SMILES string of the molecule is CC[C@H](C)NC(=O)[C@H](Cc1ccccc1)N(Cc1ccc(F)cc1)C(=O)CN(c1ccc(F)cc1)S(=O)(=O)c1ccccc1. The molecule has 4 aromatic carbocycles. The molecule has 44 heavy (non-hydrogen) atoms. The summed E-state index contributed by atoms with van der Waals surface area (Å²) in [6, 6.07) is 25.9. The summed E-state index contributed by atoms with van der Waals surface area (Å²) in [4.78, 5) is 29.4. The van der Waals surface area contributed by atoms with Gasteiger partial charge in [0.25, 0.3) is 10.0 Å². The average molecular weight is 620 g/mol. The number of rotatable bonds is 13. The number of benzene rings is 4. The summed E-state index contributed by atoms with van der Waals surface area (Å²) in [5, 5.41) is 2.96. The molecule has 0 saturated heterocycles. The fourth-order valence-electron chi connectivity index (χ4n) is 4.64. The van der Waals surface area contributed by atoms with Crippen LogP contribution in [0.3, 0.4) is 0 Å². The van der Waals surface area contributed by atoms with Crippen LogP contribution in [0.5, 0.6) is 0 Å². The highest BCUT2D eigenvalue weighted by Gasteiger charge is 2.35. The van der Waals surface area contributed by atoms with Crippen LogP contribution in [0.2, 0.25) is 0 Å². The fraction of sp³-hybridized carbons (Fsp3) is 0.235. The number of halogens is 2. The zero-order valence-corrected chi connectivity index (χ0v) is 25.4. The van der Waals surface area contributed by atoms with Gasteiger partial charge in [-0.15, -0.1) is 0 Å². The van der Waals surface area contributed by atoms with Crippen LogP contribution in [0.4, 0.5) is 14.5 Å². The highest BCUT2D eigenvalue weighted by molar-refractivity contribution is 7.92. The molecule has 7 nitrogen and oxygen atoms in total. The second-order valence-electron chi connectivity index (χ2n) is 10.5. The van der Waals surface area contributed by atoms with Gasteiger partial charge in [0.2, 0.25) is 11.8 Å². The summed E-state index contributed by atoms with van der Waals surface area (Å²) in [5.74, 6) is -2.10. The molecule has 0 fully saturated rings. The molecule has 4 aromatic rings. The summed E-state index contributed by atoms with van der Waals surface area (Å²) in [5.41, 5.74) is 1.42. The van der Waals surface area contributed by atoms with Gasteiger partial charge in [0.1, 0.15) is 24.2 Å². The zero-order chi connectivity index (χ0) is 31.7. The Bertz CT molecular complexity index is 1640. The Hall–Kier alpha value is -4.57. The molecule has 0 aliphatic carbocycles. The predicted molar refractivity (Wildman–Crippen MR) is 166 cm³/mol. The quantitative estimate of drug-likeness (QED) is 0.208. The van der Waals surface area contributed by atoms with Crippen LogP contribution in [-0.4, -0.2) is 43.8 Å². The van der Waals surface area contributed by atoms with E-state index >= 15 is 0 Å². The molecular formula is C34H35F2N3O4S. The van der Waals surface area contributed by atoms with E-state index in [4.69, 9.17) is 0 Å². The van der Waals surface area contributed by atoms with Crippen molar-refractivity contribution in [3.05, 3.63) is 132 Å². The van der Waals surface area contributed by atoms with Crippen molar-refractivity contribution in [3.8, 4) is 0 Å². The molecule has 230 valence electrons. The van der Waals surface area contributed by atoms with E-state index in [1.807, 2.05) is 44.2 Å². The molecule has 1 N–H and O–H groups in total. The summed E-state index contributed by atoms with van der Waals surface area (Å²) in [7, 11) is -4.29. The van der Waals surface area contributed by atoms with E-state index in [-0.39, 0.29) is 29.6 Å². The number of nitrogens with zero attached hydrogens (tertiary/aromatic N) is 2. The van der Waals surface area contributed by atoms with E-state index in [1.165, 1.54) is 53.4 Å². The van der Waals surface area contributed by atoms with Gasteiger partial charge in [0, 0.05) is 19.0 Å². The lowest BCUT2D eigenvalue weighted by Gasteiger charge is -2.34. The van der Waals surface area contributed by atoms with Crippen molar-refractivity contribution in [2.24, 2.45) is 0 Å². The minimum Gasteiger partial charge on any atom is -0.352 e. The van der Waals surface area contributed by atoms with E-state index in [0.717, 1.165) is 22.0 Å². The van der Waals surface area contributed by atoms with Crippen molar-refractivity contribution in [3.63, 3.8) is 0 Å². The number of amides is 2. The van der Waals surface area contributed by atoms with Gasteiger partial charge in [-0.3, -0.25) is 13.9 Å². The normalized spacial score (nSPS) is 12.6. The third-order valence-electron chi connectivity index (χ3n) is 7.26. The molecule has 0 saturated carbocycles. The highest BCUT2D eigenvalue weighted by Crippen LogP contribution is 2.25. The minimum atomic E-state index is -4.29. The Balaban J connectivity index is 1.79.